The van der Waals surface area contributed by atoms with Gasteiger partial charge in [-0.2, -0.15) is 0 Å². The van der Waals surface area contributed by atoms with Gasteiger partial charge in [0.15, 0.2) is 0 Å². The van der Waals surface area contributed by atoms with Crippen LogP contribution >= 0.6 is 23.2 Å². The number of benzene rings is 2. The van der Waals surface area contributed by atoms with Gasteiger partial charge in [-0.1, -0.05) is 41.4 Å². The number of hydrogen-bond donors (Lipinski definition) is 2. The minimum absolute atomic E-state index is 0.211. The number of imidazole rings is 1. The van der Waals surface area contributed by atoms with Crippen LogP contribution in [0.5, 0.6) is 5.88 Å². The number of para-hydroxylation sites is 1. The van der Waals surface area contributed by atoms with E-state index < -0.39 is 11.6 Å². The highest BCUT2D eigenvalue weighted by molar-refractivity contribution is 6.34. The topological polar surface area (TPSA) is 83.4 Å². The normalized spacial score (nSPS) is 10.7. The van der Waals surface area contributed by atoms with Crippen LogP contribution in [0.25, 0.3) is 11.4 Å². The van der Waals surface area contributed by atoms with Crippen molar-refractivity contribution >= 4 is 29.0 Å². The molecule has 0 bridgehead atoms. The lowest BCUT2D eigenvalue weighted by Gasteiger charge is -2.04. The van der Waals surface area contributed by atoms with Crippen LogP contribution < -0.4 is 5.69 Å². The van der Waals surface area contributed by atoms with Gasteiger partial charge in [0.25, 0.3) is 0 Å². The highest BCUT2D eigenvalue weighted by atomic mass is 35.5. The second kappa shape index (κ2) is 5.91. The summed E-state index contributed by atoms with van der Waals surface area (Å²) in [7, 11) is 0. The van der Waals surface area contributed by atoms with Gasteiger partial charge in [-0.15, -0.1) is 5.11 Å². The Hall–Kier alpha value is -2.57. The van der Waals surface area contributed by atoms with Crippen LogP contribution in [0, 0.1) is 5.53 Å². The first kappa shape index (κ1) is 15.3. The molecule has 3 aromatic rings. The second-order valence-electron chi connectivity index (χ2n) is 4.68. The van der Waals surface area contributed by atoms with E-state index in [1.165, 1.54) is 18.2 Å². The van der Waals surface area contributed by atoms with Crippen molar-refractivity contribution < 1.29 is 5.11 Å². The molecule has 0 spiro atoms. The number of aromatic nitrogens is 2. The first-order chi connectivity index (χ1) is 11.0. The van der Waals surface area contributed by atoms with Crippen molar-refractivity contribution in [3.05, 3.63) is 69.1 Å². The van der Waals surface area contributed by atoms with Gasteiger partial charge >= 0.3 is 5.69 Å². The number of aromatic hydroxyl groups is 1. The lowest BCUT2D eigenvalue weighted by molar-refractivity contribution is 0.442. The molecule has 6 nitrogen and oxygen atoms in total. The molecule has 0 amide bonds. The summed E-state index contributed by atoms with van der Waals surface area (Å²) in [6.45, 7) is 0. The van der Waals surface area contributed by atoms with Gasteiger partial charge in [0.1, 0.15) is 0 Å². The van der Waals surface area contributed by atoms with E-state index in [0.717, 1.165) is 9.13 Å². The molecule has 2 N–H and O–H groups in total. The van der Waals surface area contributed by atoms with E-state index in [1.807, 2.05) is 0 Å². The molecule has 1 heterocycles. The van der Waals surface area contributed by atoms with Crippen LogP contribution in [0.1, 0.15) is 0 Å². The fourth-order valence-electron chi connectivity index (χ4n) is 2.29. The van der Waals surface area contributed by atoms with Crippen molar-refractivity contribution in [2.24, 2.45) is 5.11 Å². The van der Waals surface area contributed by atoms with E-state index >= 15 is 0 Å². The van der Waals surface area contributed by atoms with Crippen molar-refractivity contribution in [3.63, 3.8) is 0 Å². The molecule has 0 aliphatic carbocycles. The minimum atomic E-state index is -0.585. The predicted octanol–water partition coefficient (Wildman–Crippen LogP) is 4.30. The summed E-state index contributed by atoms with van der Waals surface area (Å²) < 4.78 is 2.13. The maximum atomic E-state index is 12.7. The van der Waals surface area contributed by atoms with E-state index in [4.69, 9.17) is 28.7 Å². The summed E-state index contributed by atoms with van der Waals surface area (Å²) in [6, 6.07) is 13.1. The summed E-state index contributed by atoms with van der Waals surface area (Å²) in [4.78, 5) is 12.7. The lowest BCUT2D eigenvalue weighted by Crippen LogP contribution is -2.21. The average Bonchev–Trinajstić information content (AvgIpc) is 2.77. The Bertz CT molecular complexity index is 928. The molecule has 3 rings (SSSR count). The highest BCUT2D eigenvalue weighted by Gasteiger charge is 2.22. The molecule has 0 aliphatic rings. The Morgan fingerprint density at radius 3 is 2.13 bits per heavy atom. The quantitative estimate of drug-likeness (QED) is 0.691. The molecule has 1 aromatic heterocycles. The summed E-state index contributed by atoms with van der Waals surface area (Å²) in [5, 5.41) is 14.2. The SMILES string of the molecule is N=Nc1c(O)n(-c2ccccc2)c(=O)n1-c1cc(Cl)cc(Cl)c1. The van der Waals surface area contributed by atoms with E-state index in [-0.39, 0.29) is 5.82 Å². The van der Waals surface area contributed by atoms with E-state index in [9.17, 15) is 9.90 Å². The molecule has 116 valence electrons. The Balaban J connectivity index is 2.35. The monoisotopic (exact) mass is 348 g/mol. The summed E-state index contributed by atoms with van der Waals surface area (Å²) in [6.07, 6.45) is 0. The summed E-state index contributed by atoms with van der Waals surface area (Å²) >= 11 is 11.9. The zero-order valence-corrected chi connectivity index (χ0v) is 13.1. The van der Waals surface area contributed by atoms with Crippen LogP contribution in [-0.2, 0) is 0 Å². The van der Waals surface area contributed by atoms with Gasteiger partial charge in [-0.25, -0.2) is 19.5 Å². The zero-order chi connectivity index (χ0) is 16.6. The lowest BCUT2D eigenvalue weighted by atomic mass is 10.3. The number of rotatable bonds is 3. The number of nitrogens with one attached hydrogen (secondary N) is 1. The Morgan fingerprint density at radius 2 is 1.57 bits per heavy atom. The standard InChI is InChI=1S/C15H10Cl2N4O2/c16-9-6-10(17)8-12(7-9)20-13(19-18)14(22)21(15(20)23)11-4-2-1-3-5-11/h1-8,18,22H. The van der Waals surface area contributed by atoms with Crippen molar-refractivity contribution in [2.45, 2.75) is 0 Å². The Kier molecular flexibility index (Phi) is 3.94. The fraction of sp³-hybridized carbons (Fsp3) is 0. The van der Waals surface area contributed by atoms with Gasteiger partial charge in [0.05, 0.1) is 11.4 Å². The van der Waals surface area contributed by atoms with Gasteiger partial charge in [0, 0.05) is 10.0 Å². The molecule has 0 atom stereocenters. The largest absolute Gasteiger partial charge is 0.491 e. The fourth-order valence-corrected chi connectivity index (χ4v) is 2.81. The van der Waals surface area contributed by atoms with Crippen molar-refractivity contribution in [2.75, 3.05) is 0 Å². The number of halogens is 2. The van der Waals surface area contributed by atoms with Crippen LogP contribution in [0.15, 0.2) is 58.4 Å². The Labute approximate surface area is 140 Å². The number of hydrogen-bond acceptors (Lipinski definition) is 4. The molecule has 0 radical (unpaired) electrons. The third-order valence-electron chi connectivity index (χ3n) is 3.23. The van der Waals surface area contributed by atoms with Crippen LogP contribution in [-0.4, -0.2) is 14.2 Å². The molecule has 0 unspecified atom stereocenters. The first-order valence-corrected chi connectivity index (χ1v) is 7.24. The first-order valence-electron chi connectivity index (χ1n) is 6.49. The zero-order valence-electron chi connectivity index (χ0n) is 11.6. The maximum absolute atomic E-state index is 12.7. The van der Waals surface area contributed by atoms with Crippen LogP contribution in [0.3, 0.4) is 0 Å². The molecule has 8 heteroatoms. The predicted molar refractivity (Wildman–Crippen MR) is 87.9 cm³/mol. The smallest absolute Gasteiger partial charge is 0.342 e. The van der Waals surface area contributed by atoms with E-state index in [1.54, 1.807) is 30.3 Å². The van der Waals surface area contributed by atoms with E-state index in [0.29, 0.717) is 21.4 Å². The Morgan fingerprint density at radius 1 is 0.957 bits per heavy atom. The van der Waals surface area contributed by atoms with Crippen LogP contribution in [0.2, 0.25) is 10.0 Å². The van der Waals surface area contributed by atoms with E-state index in [2.05, 4.69) is 5.11 Å². The molecule has 0 saturated carbocycles. The molecule has 0 fully saturated rings. The average molecular weight is 349 g/mol. The molecular formula is C15H10Cl2N4O2. The molecule has 2 aromatic carbocycles. The van der Waals surface area contributed by atoms with Crippen molar-refractivity contribution in [1.29, 1.82) is 5.53 Å². The molecule has 0 aliphatic heterocycles. The maximum Gasteiger partial charge on any atom is 0.342 e. The van der Waals surface area contributed by atoms with Gasteiger partial charge < -0.3 is 5.11 Å². The second-order valence-corrected chi connectivity index (χ2v) is 5.55. The summed E-state index contributed by atoms with van der Waals surface area (Å²) in [5.41, 5.74) is 7.45. The molecule has 0 saturated heterocycles. The minimum Gasteiger partial charge on any atom is -0.491 e. The third-order valence-corrected chi connectivity index (χ3v) is 3.67. The van der Waals surface area contributed by atoms with Crippen molar-refractivity contribution in [1.82, 2.24) is 9.13 Å². The highest BCUT2D eigenvalue weighted by Crippen LogP contribution is 2.32. The third kappa shape index (κ3) is 2.62. The molecular weight excluding hydrogens is 339 g/mol. The molecule has 23 heavy (non-hydrogen) atoms. The van der Waals surface area contributed by atoms with Gasteiger partial charge in [0.2, 0.25) is 11.7 Å². The van der Waals surface area contributed by atoms with Gasteiger partial charge in [-0.05, 0) is 30.3 Å². The van der Waals surface area contributed by atoms with Crippen LogP contribution in [0.4, 0.5) is 5.82 Å². The van der Waals surface area contributed by atoms with Crippen molar-refractivity contribution in [3.8, 4) is 17.3 Å². The summed E-state index contributed by atoms with van der Waals surface area (Å²) in [5.74, 6) is -0.649. The van der Waals surface area contributed by atoms with Gasteiger partial charge in [-0.3, -0.25) is 0 Å². The number of nitrogens with zero attached hydrogens (tertiary/aromatic N) is 3.